The highest BCUT2D eigenvalue weighted by Crippen LogP contribution is 2.14. The molecule has 0 amide bonds. The molecule has 0 aliphatic carbocycles. The van der Waals surface area contributed by atoms with Gasteiger partial charge in [-0.2, -0.15) is 5.26 Å². The van der Waals surface area contributed by atoms with E-state index in [1.165, 1.54) is 0 Å². The van der Waals surface area contributed by atoms with E-state index in [1.807, 2.05) is 17.7 Å². The minimum atomic E-state index is -0.107. The average molecular weight is 219 g/mol. The summed E-state index contributed by atoms with van der Waals surface area (Å²) in [4.78, 5) is 4.62. The van der Waals surface area contributed by atoms with Crippen molar-refractivity contribution in [1.29, 1.82) is 5.26 Å². The van der Waals surface area contributed by atoms with E-state index in [2.05, 4.69) is 24.9 Å². The summed E-state index contributed by atoms with van der Waals surface area (Å²) in [5.74, 6) is 1.07. The molecule has 0 spiro atoms. The second kappa shape index (κ2) is 6.32. The maximum absolute atomic E-state index is 8.98. The third-order valence-corrected chi connectivity index (χ3v) is 2.72. The number of aromatic nitrogens is 2. The maximum Gasteiger partial charge on any atom is 0.119 e. The van der Waals surface area contributed by atoms with Crippen LogP contribution in [0.5, 0.6) is 0 Å². The molecular weight excluding hydrogens is 198 g/mol. The van der Waals surface area contributed by atoms with Gasteiger partial charge in [-0.3, -0.25) is 0 Å². The van der Waals surface area contributed by atoms with Crippen LogP contribution in [0.3, 0.4) is 0 Å². The Hall–Kier alpha value is -1.30. The Bertz CT molecular complexity index is 360. The van der Waals surface area contributed by atoms with Crippen LogP contribution in [0.15, 0.2) is 6.20 Å². The van der Waals surface area contributed by atoms with Crippen molar-refractivity contribution < 1.29 is 0 Å². The molecule has 1 atom stereocenters. The fourth-order valence-electron chi connectivity index (χ4n) is 1.78. The zero-order chi connectivity index (χ0) is 12.0. The van der Waals surface area contributed by atoms with E-state index < -0.39 is 0 Å². The van der Waals surface area contributed by atoms with E-state index in [0.717, 1.165) is 43.6 Å². The van der Waals surface area contributed by atoms with Crippen LogP contribution < -0.4 is 0 Å². The molecule has 3 nitrogen and oxygen atoms in total. The molecule has 1 heterocycles. The predicted molar refractivity (Wildman–Crippen MR) is 65.2 cm³/mol. The predicted octanol–water partition coefficient (Wildman–Crippen LogP) is 3.26. The van der Waals surface area contributed by atoms with Crippen LogP contribution in [0.2, 0.25) is 0 Å². The van der Waals surface area contributed by atoms with Crippen LogP contribution in [0, 0.1) is 11.3 Å². The van der Waals surface area contributed by atoms with Gasteiger partial charge in [-0.15, -0.1) is 0 Å². The number of nitriles is 1. The highest BCUT2D eigenvalue weighted by atomic mass is 15.1. The first kappa shape index (κ1) is 12.8. The SMILES string of the molecule is CCCCc1nc(CCC)cn1C(C)C#N. The molecule has 0 N–H and O–H groups in total. The van der Waals surface area contributed by atoms with Gasteiger partial charge >= 0.3 is 0 Å². The third-order valence-electron chi connectivity index (χ3n) is 2.72. The highest BCUT2D eigenvalue weighted by Gasteiger charge is 2.11. The first-order valence-electron chi connectivity index (χ1n) is 6.19. The minimum Gasteiger partial charge on any atom is -0.318 e. The molecule has 0 saturated carbocycles. The zero-order valence-corrected chi connectivity index (χ0v) is 10.5. The van der Waals surface area contributed by atoms with E-state index in [9.17, 15) is 0 Å². The lowest BCUT2D eigenvalue weighted by Gasteiger charge is -2.08. The van der Waals surface area contributed by atoms with E-state index >= 15 is 0 Å². The number of hydrogen-bond donors (Lipinski definition) is 0. The van der Waals surface area contributed by atoms with Gasteiger partial charge in [0.25, 0.3) is 0 Å². The van der Waals surface area contributed by atoms with Crippen LogP contribution in [-0.2, 0) is 12.8 Å². The molecule has 0 aliphatic heterocycles. The minimum absolute atomic E-state index is 0.107. The van der Waals surface area contributed by atoms with Crippen molar-refractivity contribution in [3.63, 3.8) is 0 Å². The van der Waals surface area contributed by atoms with E-state index in [-0.39, 0.29) is 6.04 Å². The first-order valence-corrected chi connectivity index (χ1v) is 6.19. The molecule has 0 bridgehead atoms. The number of rotatable bonds is 6. The van der Waals surface area contributed by atoms with Gasteiger partial charge in [0.1, 0.15) is 11.9 Å². The van der Waals surface area contributed by atoms with Crippen molar-refractivity contribution >= 4 is 0 Å². The van der Waals surface area contributed by atoms with E-state index in [1.54, 1.807) is 0 Å². The second-order valence-corrected chi connectivity index (χ2v) is 4.21. The summed E-state index contributed by atoms with van der Waals surface area (Å²) in [6, 6.07) is 2.17. The third kappa shape index (κ3) is 3.10. The van der Waals surface area contributed by atoms with Crippen LogP contribution in [0.1, 0.15) is 57.6 Å². The Kier molecular flexibility index (Phi) is 5.04. The fraction of sp³-hybridized carbons (Fsp3) is 0.692. The number of aryl methyl sites for hydroxylation is 2. The molecule has 0 aromatic carbocycles. The van der Waals surface area contributed by atoms with Crippen LogP contribution >= 0.6 is 0 Å². The zero-order valence-electron chi connectivity index (χ0n) is 10.5. The van der Waals surface area contributed by atoms with Crippen LogP contribution in [0.25, 0.3) is 0 Å². The molecule has 16 heavy (non-hydrogen) atoms. The Morgan fingerprint density at radius 1 is 1.38 bits per heavy atom. The van der Waals surface area contributed by atoms with Gasteiger partial charge in [0.2, 0.25) is 0 Å². The maximum atomic E-state index is 8.98. The molecule has 1 aromatic rings. The molecule has 0 saturated heterocycles. The molecule has 0 radical (unpaired) electrons. The molecular formula is C13H21N3. The standard InChI is InChI=1S/C13H21N3/c1-4-6-8-13-15-12(7-5-2)10-16(13)11(3)9-14/h10-11H,4-8H2,1-3H3. The van der Waals surface area contributed by atoms with Gasteiger partial charge in [0.15, 0.2) is 0 Å². The number of imidazole rings is 1. The van der Waals surface area contributed by atoms with Crippen molar-refractivity contribution in [3.8, 4) is 6.07 Å². The molecule has 0 fully saturated rings. The van der Waals surface area contributed by atoms with Crippen molar-refractivity contribution in [2.75, 3.05) is 0 Å². The second-order valence-electron chi connectivity index (χ2n) is 4.21. The van der Waals surface area contributed by atoms with Crippen LogP contribution in [0.4, 0.5) is 0 Å². The van der Waals surface area contributed by atoms with Gasteiger partial charge < -0.3 is 4.57 Å². The van der Waals surface area contributed by atoms with Crippen molar-refractivity contribution in [2.45, 2.75) is 58.9 Å². The number of unbranched alkanes of at least 4 members (excludes halogenated alkanes) is 1. The van der Waals surface area contributed by atoms with Gasteiger partial charge in [-0.1, -0.05) is 26.7 Å². The van der Waals surface area contributed by atoms with Crippen molar-refractivity contribution in [3.05, 3.63) is 17.7 Å². The molecule has 1 aromatic heterocycles. The summed E-state index contributed by atoms with van der Waals surface area (Å²) in [7, 11) is 0. The summed E-state index contributed by atoms with van der Waals surface area (Å²) in [5, 5.41) is 8.98. The summed E-state index contributed by atoms with van der Waals surface area (Å²) >= 11 is 0. The number of hydrogen-bond acceptors (Lipinski definition) is 2. The normalized spacial score (nSPS) is 12.4. The molecule has 0 aliphatic rings. The lowest BCUT2D eigenvalue weighted by molar-refractivity contribution is 0.611. The number of nitrogens with zero attached hydrogens (tertiary/aromatic N) is 3. The Morgan fingerprint density at radius 2 is 2.12 bits per heavy atom. The van der Waals surface area contributed by atoms with Crippen molar-refractivity contribution in [1.82, 2.24) is 9.55 Å². The largest absolute Gasteiger partial charge is 0.318 e. The molecule has 88 valence electrons. The topological polar surface area (TPSA) is 41.6 Å². The summed E-state index contributed by atoms with van der Waals surface area (Å²) in [6.45, 7) is 6.25. The van der Waals surface area contributed by atoms with Gasteiger partial charge in [0.05, 0.1) is 11.8 Å². The van der Waals surface area contributed by atoms with Crippen LogP contribution in [-0.4, -0.2) is 9.55 Å². The quantitative estimate of drug-likeness (QED) is 0.737. The van der Waals surface area contributed by atoms with Gasteiger partial charge in [-0.05, 0) is 19.8 Å². The average Bonchev–Trinajstić information content (AvgIpc) is 2.69. The summed E-state index contributed by atoms with van der Waals surface area (Å²) < 4.78 is 2.03. The molecule has 3 heteroatoms. The molecule has 1 rings (SSSR count). The van der Waals surface area contributed by atoms with Gasteiger partial charge in [0, 0.05) is 12.6 Å². The summed E-state index contributed by atoms with van der Waals surface area (Å²) in [5.41, 5.74) is 1.12. The van der Waals surface area contributed by atoms with Crippen molar-refractivity contribution in [2.24, 2.45) is 0 Å². The Morgan fingerprint density at radius 3 is 2.69 bits per heavy atom. The lowest BCUT2D eigenvalue weighted by atomic mass is 10.2. The monoisotopic (exact) mass is 219 g/mol. The Labute approximate surface area is 98.1 Å². The highest BCUT2D eigenvalue weighted by molar-refractivity contribution is 5.08. The van der Waals surface area contributed by atoms with E-state index in [4.69, 9.17) is 5.26 Å². The van der Waals surface area contributed by atoms with E-state index in [0.29, 0.717) is 0 Å². The fourth-order valence-corrected chi connectivity index (χ4v) is 1.78. The first-order chi connectivity index (χ1) is 7.72. The Balaban J connectivity index is 2.89. The molecule has 1 unspecified atom stereocenters. The summed E-state index contributed by atoms with van der Waals surface area (Å²) in [6.07, 6.45) is 7.43. The lowest BCUT2D eigenvalue weighted by Crippen LogP contribution is -2.06. The van der Waals surface area contributed by atoms with Gasteiger partial charge in [-0.25, -0.2) is 4.98 Å². The smallest absolute Gasteiger partial charge is 0.119 e.